The monoisotopic (exact) mass is 436 g/mol. The second-order valence-corrected chi connectivity index (χ2v) is 7.78. The first-order chi connectivity index (χ1) is 14.6. The van der Waals surface area contributed by atoms with E-state index in [2.05, 4.69) is 20.9 Å². The Bertz CT molecular complexity index is 1200. The van der Waals surface area contributed by atoms with Crippen LogP contribution in [-0.2, 0) is 11.2 Å². The summed E-state index contributed by atoms with van der Waals surface area (Å²) in [5, 5.41) is 13.1. The van der Waals surface area contributed by atoms with E-state index < -0.39 is 6.03 Å². The lowest BCUT2D eigenvalue weighted by atomic mass is 10.1. The maximum atomic E-state index is 12.5. The molecule has 4 aromatic rings. The average molecular weight is 437 g/mol. The van der Waals surface area contributed by atoms with Gasteiger partial charge < -0.3 is 10.6 Å². The number of thiazole rings is 1. The van der Waals surface area contributed by atoms with Crippen LogP contribution in [0.15, 0.2) is 72.1 Å². The highest BCUT2D eigenvalue weighted by Gasteiger charge is 2.11. The van der Waals surface area contributed by atoms with Gasteiger partial charge in [-0.2, -0.15) is 0 Å². The van der Waals surface area contributed by atoms with Crippen molar-refractivity contribution in [3.8, 4) is 0 Å². The number of carbonyl (C=O) groups is 2. The Kier molecular flexibility index (Phi) is 5.92. The molecule has 1 heterocycles. The number of aromatic nitrogens is 1. The van der Waals surface area contributed by atoms with E-state index in [1.807, 2.05) is 42.5 Å². The van der Waals surface area contributed by atoms with Crippen molar-refractivity contribution in [2.75, 3.05) is 16.0 Å². The van der Waals surface area contributed by atoms with Crippen molar-refractivity contribution in [1.29, 1.82) is 0 Å². The van der Waals surface area contributed by atoms with E-state index in [4.69, 9.17) is 11.6 Å². The molecule has 1 aromatic heterocycles. The molecule has 150 valence electrons. The van der Waals surface area contributed by atoms with Crippen molar-refractivity contribution in [3.63, 3.8) is 0 Å². The largest absolute Gasteiger partial charge is 0.325 e. The zero-order valence-corrected chi connectivity index (χ0v) is 17.3. The number of fused-ring (bicyclic) bond motifs is 1. The Morgan fingerprint density at radius 2 is 1.67 bits per heavy atom. The highest BCUT2D eigenvalue weighted by Crippen LogP contribution is 2.23. The molecule has 0 atom stereocenters. The number of amides is 3. The van der Waals surface area contributed by atoms with Crippen LogP contribution < -0.4 is 16.0 Å². The lowest BCUT2D eigenvalue weighted by Gasteiger charge is -2.08. The average Bonchev–Trinajstić information content (AvgIpc) is 3.16. The van der Waals surface area contributed by atoms with Crippen molar-refractivity contribution >= 4 is 62.2 Å². The maximum absolute atomic E-state index is 12.5. The summed E-state index contributed by atoms with van der Waals surface area (Å²) in [6, 6.07) is 20.0. The van der Waals surface area contributed by atoms with Gasteiger partial charge in [0.25, 0.3) is 0 Å². The zero-order valence-electron chi connectivity index (χ0n) is 15.7. The van der Waals surface area contributed by atoms with Crippen molar-refractivity contribution < 1.29 is 9.59 Å². The molecule has 0 aliphatic carbocycles. The van der Waals surface area contributed by atoms with Gasteiger partial charge in [0.1, 0.15) is 0 Å². The summed E-state index contributed by atoms with van der Waals surface area (Å²) in [5.74, 6) is -0.172. The van der Waals surface area contributed by atoms with Gasteiger partial charge in [-0.25, -0.2) is 9.78 Å². The Balaban J connectivity index is 1.35. The number of carbonyl (C=O) groups excluding carboxylic acids is 2. The van der Waals surface area contributed by atoms with Gasteiger partial charge in [-0.05, 0) is 35.7 Å². The predicted molar refractivity (Wildman–Crippen MR) is 122 cm³/mol. The number of urea groups is 1. The minimum atomic E-state index is -0.418. The van der Waals surface area contributed by atoms with E-state index in [1.165, 1.54) is 11.3 Å². The van der Waals surface area contributed by atoms with Gasteiger partial charge in [0, 0.05) is 27.2 Å². The van der Waals surface area contributed by atoms with Crippen LogP contribution in [0.1, 0.15) is 5.69 Å². The van der Waals surface area contributed by atoms with Crippen molar-refractivity contribution in [3.05, 3.63) is 82.8 Å². The molecular formula is C22H17ClN4O2S. The summed E-state index contributed by atoms with van der Waals surface area (Å²) in [6.45, 7) is 0. The molecule has 0 unspecified atom stereocenters. The second-order valence-electron chi connectivity index (χ2n) is 6.48. The molecule has 0 fully saturated rings. The maximum Gasteiger partial charge on any atom is 0.325 e. The van der Waals surface area contributed by atoms with Gasteiger partial charge >= 0.3 is 6.03 Å². The topological polar surface area (TPSA) is 83.1 Å². The Morgan fingerprint density at radius 1 is 0.900 bits per heavy atom. The molecule has 8 heteroatoms. The Hall–Kier alpha value is -3.42. The third-order valence-electron chi connectivity index (χ3n) is 4.28. The number of hydrogen-bond donors (Lipinski definition) is 3. The minimum absolute atomic E-state index is 0.111. The SMILES string of the molecule is O=C(Cc1csc(NC(=O)Nc2ccc(Cl)cc2)n1)Nc1cccc2ccccc12. The quantitative estimate of drug-likeness (QED) is 0.371. The van der Waals surface area contributed by atoms with Crippen LogP contribution in [0.2, 0.25) is 5.02 Å². The van der Waals surface area contributed by atoms with Crippen LogP contribution in [0.5, 0.6) is 0 Å². The highest BCUT2D eigenvalue weighted by atomic mass is 35.5. The standard InChI is InChI=1S/C22H17ClN4O2S/c23-15-8-10-16(11-9-15)24-21(29)27-22-25-17(13-30-22)12-20(28)26-19-7-3-5-14-4-1-2-6-18(14)19/h1-11,13H,12H2,(H,26,28)(H2,24,25,27,29). The van der Waals surface area contributed by atoms with Gasteiger partial charge in [-0.15, -0.1) is 11.3 Å². The molecule has 30 heavy (non-hydrogen) atoms. The first-order valence-corrected chi connectivity index (χ1v) is 10.4. The molecule has 0 saturated carbocycles. The lowest BCUT2D eigenvalue weighted by Crippen LogP contribution is -2.19. The molecule has 4 rings (SSSR count). The zero-order chi connectivity index (χ0) is 20.9. The molecule has 3 amide bonds. The Morgan fingerprint density at radius 3 is 2.50 bits per heavy atom. The van der Waals surface area contributed by atoms with Gasteiger partial charge in [-0.3, -0.25) is 10.1 Å². The van der Waals surface area contributed by atoms with E-state index in [-0.39, 0.29) is 12.3 Å². The molecule has 0 saturated heterocycles. The van der Waals surface area contributed by atoms with Crippen molar-refractivity contribution in [2.45, 2.75) is 6.42 Å². The van der Waals surface area contributed by atoms with Crippen LogP contribution in [0.4, 0.5) is 21.3 Å². The molecule has 0 bridgehead atoms. The molecule has 0 spiro atoms. The second kappa shape index (κ2) is 8.94. The van der Waals surface area contributed by atoms with Crippen LogP contribution in [0.25, 0.3) is 10.8 Å². The van der Waals surface area contributed by atoms with E-state index >= 15 is 0 Å². The van der Waals surface area contributed by atoms with Gasteiger partial charge in [0.2, 0.25) is 5.91 Å². The summed E-state index contributed by atoms with van der Waals surface area (Å²) in [7, 11) is 0. The van der Waals surface area contributed by atoms with E-state index in [0.717, 1.165) is 16.5 Å². The van der Waals surface area contributed by atoms with Crippen LogP contribution in [-0.4, -0.2) is 16.9 Å². The van der Waals surface area contributed by atoms with Gasteiger partial charge in [0.05, 0.1) is 12.1 Å². The van der Waals surface area contributed by atoms with Crippen LogP contribution in [0, 0.1) is 0 Å². The molecule has 6 nitrogen and oxygen atoms in total. The van der Waals surface area contributed by atoms with E-state index in [1.54, 1.807) is 29.6 Å². The minimum Gasteiger partial charge on any atom is -0.325 e. The number of nitrogens with one attached hydrogen (secondary N) is 3. The smallest absolute Gasteiger partial charge is 0.325 e. The lowest BCUT2D eigenvalue weighted by molar-refractivity contribution is -0.115. The van der Waals surface area contributed by atoms with E-state index in [0.29, 0.717) is 21.5 Å². The first-order valence-electron chi connectivity index (χ1n) is 9.12. The number of hydrogen-bond acceptors (Lipinski definition) is 4. The number of nitrogens with zero attached hydrogens (tertiary/aromatic N) is 1. The normalized spacial score (nSPS) is 10.6. The molecule has 0 radical (unpaired) electrons. The third-order valence-corrected chi connectivity index (χ3v) is 5.34. The van der Waals surface area contributed by atoms with Crippen molar-refractivity contribution in [1.82, 2.24) is 4.98 Å². The molecule has 3 aromatic carbocycles. The van der Waals surface area contributed by atoms with Gasteiger partial charge in [-0.1, -0.05) is 48.0 Å². The van der Waals surface area contributed by atoms with Crippen LogP contribution in [0.3, 0.4) is 0 Å². The third kappa shape index (κ3) is 4.94. The number of anilines is 3. The summed E-state index contributed by atoms with van der Waals surface area (Å²) in [6.07, 6.45) is 0.111. The fraction of sp³-hybridized carbons (Fsp3) is 0.0455. The Labute approximate surface area is 181 Å². The summed E-state index contributed by atoms with van der Waals surface area (Å²) in [4.78, 5) is 28.9. The molecule has 0 aliphatic rings. The molecule has 3 N–H and O–H groups in total. The molecular weight excluding hydrogens is 420 g/mol. The molecule has 0 aliphatic heterocycles. The van der Waals surface area contributed by atoms with Gasteiger partial charge in [0.15, 0.2) is 5.13 Å². The predicted octanol–water partition coefficient (Wildman–Crippen LogP) is 5.77. The van der Waals surface area contributed by atoms with Crippen LogP contribution >= 0.6 is 22.9 Å². The summed E-state index contributed by atoms with van der Waals surface area (Å²) >= 11 is 7.09. The van der Waals surface area contributed by atoms with Crippen molar-refractivity contribution in [2.24, 2.45) is 0 Å². The number of rotatable bonds is 5. The number of benzene rings is 3. The summed E-state index contributed by atoms with van der Waals surface area (Å²) < 4.78 is 0. The fourth-order valence-electron chi connectivity index (χ4n) is 2.93. The number of halogens is 1. The summed E-state index contributed by atoms with van der Waals surface area (Å²) in [5.41, 5.74) is 1.96. The van der Waals surface area contributed by atoms with E-state index in [9.17, 15) is 9.59 Å². The first kappa shape index (κ1) is 19.9. The highest BCUT2D eigenvalue weighted by molar-refractivity contribution is 7.14. The fourth-order valence-corrected chi connectivity index (χ4v) is 3.76.